The van der Waals surface area contributed by atoms with E-state index in [2.05, 4.69) is 23.9 Å². The van der Waals surface area contributed by atoms with Crippen LogP contribution in [0.15, 0.2) is 40.9 Å². The molecule has 1 aliphatic heterocycles. The first kappa shape index (κ1) is 22.1. The smallest absolute Gasteiger partial charge is 0.272 e. The molecule has 0 unspecified atom stereocenters. The fourth-order valence-corrected chi connectivity index (χ4v) is 4.31. The summed E-state index contributed by atoms with van der Waals surface area (Å²) in [4.78, 5) is 19.7. The van der Waals surface area contributed by atoms with Crippen molar-refractivity contribution in [1.29, 1.82) is 0 Å². The number of oxazole rings is 1. The van der Waals surface area contributed by atoms with Gasteiger partial charge in [0.15, 0.2) is 5.89 Å². The quantitative estimate of drug-likeness (QED) is 0.554. The van der Waals surface area contributed by atoms with Gasteiger partial charge in [0, 0.05) is 26.6 Å². The highest BCUT2D eigenvalue weighted by atomic mass is 16.5. The van der Waals surface area contributed by atoms with Crippen molar-refractivity contribution >= 4 is 5.91 Å². The molecule has 7 heteroatoms. The van der Waals surface area contributed by atoms with E-state index < -0.39 is 0 Å². The van der Waals surface area contributed by atoms with Gasteiger partial charge in [0.2, 0.25) is 0 Å². The maximum atomic E-state index is 13.2. The first-order valence-electron chi connectivity index (χ1n) is 11.3. The summed E-state index contributed by atoms with van der Waals surface area (Å²) in [6, 6.07) is 9.89. The molecule has 1 aromatic carbocycles. The Bertz CT molecular complexity index is 1050. The number of rotatable bonds is 7. The van der Waals surface area contributed by atoms with E-state index in [1.54, 1.807) is 18.0 Å². The Balaban J connectivity index is 1.42. The van der Waals surface area contributed by atoms with Crippen LogP contribution in [0.4, 0.5) is 0 Å². The van der Waals surface area contributed by atoms with Crippen molar-refractivity contribution in [3.8, 4) is 5.75 Å². The molecule has 1 saturated heterocycles. The maximum absolute atomic E-state index is 13.2. The summed E-state index contributed by atoms with van der Waals surface area (Å²) in [5, 5.41) is 4.53. The standard InChI is InChI=1S/C25H32N4O3/c1-17(2)12-20-14-23(28(3)27-20)25(30)29-11-5-6-19(16-29)24-26-15-22(32-24)13-18-7-9-21(31-4)10-8-18/h7-10,14-15,17,19H,5-6,11-13,16H2,1-4H3/t19-/m1/s1. The number of hydrogen-bond donors (Lipinski definition) is 0. The number of benzene rings is 1. The Morgan fingerprint density at radius 3 is 2.78 bits per heavy atom. The van der Waals surface area contributed by atoms with Gasteiger partial charge in [-0.2, -0.15) is 5.10 Å². The first-order chi connectivity index (χ1) is 15.4. The van der Waals surface area contributed by atoms with Crippen molar-refractivity contribution in [2.75, 3.05) is 20.2 Å². The van der Waals surface area contributed by atoms with Gasteiger partial charge in [0.1, 0.15) is 17.2 Å². The molecular formula is C25H32N4O3. The van der Waals surface area contributed by atoms with Gasteiger partial charge in [-0.1, -0.05) is 26.0 Å². The number of likely N-dealkylation sites (tertiary alicyclic amines) is 1. The van der Waals surface area contributed by atoms with Gasteiger partial charge in [-0.25, -0.2) is 4.98 Å². The highest BCUT2D eigenvalue weighted by Gasteiger charge is 2.30. The second kappa shape index (κ2) is 9.59. The van der Waals surface area contributed by atoms with Gasteiger partial charge in [-0.15, -0.1) is 0 Å². The normalized spacial score (nSPS) is 16.5. The van der Waals surface area contributed by atoms with E-state index in [4.69, 9.17) is 9.15 Å². The van der Waals surface area contributed by atoms with Crippen molar-refractivity contribution in [2.45, 2.75) is 45.4 Å². The molecule has 0 saturated carbocycles. The van der Waals surface area contributed by atoms with Crippen LogP contribution in [-0.2, 0) is 19.9 Å². The Hall–Kier alpha value is -3.09. The molecule has 4 rings (SSSR count). The summed E-state index contributed by atoms with van der Waals surface area (Å²) in [6.45, 7) is 5.68. The first-order valence-corrected chi connectivity index (χ1v) is 11.3. The molecule has 3 heterocycles. The molecule has 1 amide bonds. The molecule has 0 aliphatic carbocycles. The van der Waals surface area contributed by atoms with Gasteiger partial charge in [0.05, 0.1) is 24.9 Å². The van der Waals surface area contributed by atoms with Gasteiger partial charge >= 0.3 is 0 Å². The summed E-state index contributed by atoms with van der Waals surface area (Å²) in [6.07, 6.45) is 5.26. The molecule has 1 fully saturated rings. The van der Waals surface area contributed by atoms with Gasteiger partial charge < -0.3 is 14.1 Å². The minimum absolute atomic E-state index is 0.0321. The third-order valence-corrected chi connectivity index (χ3v) is 5.93. The Morgan fingerprint density at radius 2 is 2.06 bits per heavy atom. The average molecular weight is 437 g/mol. The summed E-state index contributed by atoms with van der Waals surface area (Å²) >= 11 is 0. The molecule has 1 aliphatic rings. The number of aryl methyl sites for hydroxylation is 1. The zero-order valence-electron chi connectivity index (χ0n) is 19.4. The second-order valence-corrected chi connectivity index (χ2v) is 9.02. The van der Waals surface area contributed by atoms with Gasteiger partial charge in [-0.05, 0) is 48.9 Å². The molecule has 2 aromatic heterocycles. The lowest BCUT2D eigenvalue weighted by molar-refractivity contribution is 0.0686. The number of methoxy groups -OCH3 is 1. The zero-order chi connectivity index (χ0) is 22.7. The highest BCUT2D eigenvalue weighted by molar-refractivity contribution is 5.92. The van der Waals surface area contributed by atoms with E-state index in [-0.39, 0.29) is 11.8 Å². The monoisotopic (exact) mass is 436 g/mol. The highest BCUT2D eigenvalue weighted by Crippen LogP contribution is 2.28. The summed E-state index contributed by atoms with van der Waals surface area (Å²) in [5.41, 5.74) is 2.76. The van der Waals surface area contributed by atoms with Crippen LogP contribution in [0.5, 0.6) is 5.75 Å². The molecule has 3 aromatic rings. The fourth-order valence-electron chi connectivity index (χ4n) is 4.31. The third kappa shape index (κ3) is 5.03. The number of hydrogen-bond acceptors (Lipinski definition) is 5. The van der Waals surface area contributed by atoms with Crippen molar-refractivity contribution in [1.82, 2.24) is 19.7 Å². The molecule has 7 nitrogen and oxygen atoms in total. The van der Waals surface area contributed by atoms with Crippen LogP contribution in [0, 0.1) is 5.92 Å². The lowest BCUT2D eigenvalue weighted by Gasteiger charge is -2.31. The second-order valence-electron chi connectivity index (χ2n) is 9.02. The number of nitrogens with zero attached hydrogens (tertiary/aromatic N) is 4. The molecule has 0 bridgehead atoms. The van der Waals surface area contributed by atoms with Crippen molar-refractivity contribution in [3.05, 3.63) is 65.1 Å². The summed E-state index contributed by atoms with van der Waals surface area (Å²) < 4.78 is 13.0. The molecule has 32 heavy (non-hydrogen) atoms. The zero-order valence-corrected chi connectivity index (χ0v) is 19.4. The van der Waals surface area contributed by atoms with Gasteiger partial charge in [0.25, 0.3) is 5.91 Å². The van der Waals surface area contributed by atoms with Crippen LogP contribution < -0.4 is 4.74 Å². The number of ether oxygens (including phenoxy) is 1. The number of carbonyl (C=O) groups is 1. The van der Waals surface area contributed by atoms with E-state index in [0.29, 0.717) is 24.6 Å². The Labute approximate surface area is 189 Å². The largest absolute Gasteiger partial charge is 0.497 e. The Kier molecular flexibility index (Phi) is 6.63. The van der Waals surface area contributed by atoms with Crippen molar-refractivity contribution in [3.63, 3.8) is 0 Å². The lowest BCUT2D eigenvalue weighted by Crippen LogP contribution is -2.40. The predicted molar refractivity (Wildman–Crippen MR) is 122 cm³/mol. The van der Waals surface area contributed by atoms with E-state index >= 15 is 0 Å². The van der Waals surface area contributed by atoms with Crippen molar-refractivity contribution in [2.24, 2.45) is 13.0 Å². The summed E-state index contributed by atoms with van der Waals surface area (Å²) in [5.74, 6) is 3.04. The SMILES string of the molecule is COc1ccc(Cc2cnc([C@@H]3CCCN(C(=O)c4cc(CC(C)C)nn4C)C3)o2)cc1. The minimum atomic E-state index is 0.0321. The minimum Gasteiger partial charge on any atom is -0.497 e. The third-order valence-electron chi connectivity index (χ3n) is 5.93. The number of carbonyl (C=O) groups excluding carboxylic acids is 1. The molecule has 1 atom stereocenters. The van der Waals surface area contributed by atoms with E-state index in [0.717, 1.165) is 54.5 Å². The molecule has 0 spiro atoms. The number of piperidine rings is 1. The van der Waals surface area contributed by atoms with Crippen LogP contribution in [-0.4, -0.2) is 45.8 Å². The Morgan fingerprint density at radius 1 is 1.28 bits per heavy atom. The fraction of sp³-hybridized carbons (Fsp3) is 0.480. The van der Waals surface area contributed by atoms with Crippen LogP contribution >= 0.6 is 0 Å². The lowest BCUT2D eigenvalue weighted by atomic mass is 9.97. The number of amides is 1. The van der Waals surface area contributed by atoms with Crippen LogP contribution in [0.3, 0.4) is 0 Å². The van der Waals surface area contributed by atoms with E-state index in [9.17, 15) is 4.79 Å². The maximum Gasteiger partial charge on any atom is 0.272 e. The van der Waals surface area contributed by atoms with Gasteiger partial charge in [-0.3, -0.25) is 9.48 Å². The topological polar surface area (TPSA) is 73.4 Å². The van der Waals surface area contributed by atoms with Crippen LogP contribution in [0.1, 0.15) is 66.0 Å². The van der Waals surface area contributed by atoms with E-state index in [1.807, 2.05) is 42.3 Å². The van der Waals surface area contributed by atoms with Crippen molar-refractivity contribution < 1.29 is 13.9 Å². The molecule has 170 valence electrons. The van der Waals surface area contributed by atoms with E-state index in [1.165, 1.54) is 0 Å². The number of aromatic nitrogens is 3. The average Bonchev–Trinajstić information content (AvgIpc) is 3.40. The molecule has 0 N–H and O–H groups in total. The van der Waals surface area contributed by atoms with Crippen LogP contribution in [0.25, 0.3) is 0 Å². The predicted octanol–water partition coefficient (Wildman–Crippen LogP) is 4.23. The molecular weight excluding hydrogens is 404 g/mol. The van der Waals surface area contributed by atoms with Crippen LogP contribution in [0.2, 0.25) is 0 Å². The molecule has 0 radical (unpaired) electrons. The summed E-state index contributed by atoms with van der Waals surface area (Å²) in [7, 11) is 3.51.